The van der Waals surface area contributed by atoms with Crippen LogP contribution in [0.5, 0.6) is 0 Å². The summed E-state index contributed by atoms with van der Waals surface area (Å²) in [4.78, 5) is 13.0. The molecule has 0 atom stereocenters. The zero-order valence-electron chi connectivity index (χ0n) is 13.3. The van der Waals surface area contributed by atoms with Crippen molar-refractivity contribution in [2.24, 2.45) is 0 Å². The van der Waals surface area contributed by atoms with Crippen LogP contribution in [0, 0.1) is 6.92 Å². The Bertz CT molecular complexity index is 972. The molecule has 0 saturated carbocycles. The fourth-order valence-corrected chi connectivity index (χ4v) is 2.68. The first-order valence-electron chi connectivity index (χ1n) is 7.83. The van der Waals surface area contributed by atoms with Crippen molar-refractivity contribution in [2.45, 2.75) is 13.5 Å². The van der Waals surface area contributed by atoms with E-state index in [-0.39, 0.29) is 0 Å². The topological polar surface area (TPSA) is 55.6 Å². The van der Waals surface area contributed by atoms with Crippen LogP contribution in [0.4, 0.5) is 5.82 Å². The van der Waals surface area contributed by atoms with E-state index in [1.54, 1.807) is 12.4 Å². The normalized spacial score (nSPS) is 10.9. The molecular formula is C19H17N5. The Balaban J connectivity index is 1.52. The van der Waals surface area contributed by atoms with E-state index in [1.165, 1.54) is 5.56 Å². The average molecular weight is 315 g/mol. The van der Waals surface area contributed by atoms with Gasteiger partial charge < -0.3 is 5.32 Å². The Hall–Kier alpha value is -3.21. The largest absolute Gasteiger partial charge is 0.365 e. The maximum absolute atomic E-state index is 4.44. The molecule has 5 nitrogen and oxygen atoms in total. The van der Waals surface area contributed by atoms with Crippen LogP contribution in [-0.2, 0) is 6.54 Å². The predicted octanol–water partition coefficient (Wildman–Crippen LogP) is 3.74. The summed E-state index contributed by atoms with van der Waals surface area (Å²) in [5.74, 6) is 0.791. The summed E-state index contributed by atoms with van der Waals surface area (Å²) in [6.45, 7) is 2.64. The van der Waals surface area contributed by atoms with Crippen molar-refractivity contribution in [3.63, 3.8) is 0 Å². The minimum atomic E-state index is 0.711. The maximum atomic E-state index is 4.44. The van der Waals surface area contributed by atoms with Crippen LogP contribution in [0.25, 0.3) is 16.7 Å². The van der Waals surface area contributed by atoms with Crippen LogP contribution in [0.3, 0.4) is 0 Å². The van der Waals surface area contributed by atoms with Crippen molar-refractivity contribution in [3.8, 4) is 5.69 Å². The molecule has 1 N–H and O–H groups in total. The van der Waals surface area contributed by atoms with Gasteiger partial charge in [-0.1, -0.05) is 24.3 Å². The number of aromatic nitrogens is 4. The number of nitrogens with zero attached hydrogens (tertiary/aromatic N) is 4. The zero-order chi connectivity index (χ0) is 16.4. The monoisotopic (exact) mass is 315 g/mol. The summed E-state index contributed by atoms with van der Waals surface area (Å²) in [5, 5.41) is 3.29. The molecule has 0 aliphatic carbocycles. The number of hydrogen-bond donors (Lipinski definition) is 1. The predicted molar refractivity (Wildman–Crippen MR) is 95.2 cm³/mol. The van der Waals surface area contributed by atoms with Crippen molar-refractivity contribution >= 4 is 16.9 Å². The van der Waals surface area contributed by atoms with Crippen molar-refractivity contribution in [2.75, 3.05) is 5.32 Å². The number of rotatable bonds is 4. The standard InChI is InChI=1S/C19H17N5/c1-14-10-20-12-19(23-14)21-11-15-6-8-16(9-7-15)24-13-22-17-4-2-3-5-18(17)24/h2-10,12-13H,11H2,1H3,(H,21,23). The Morgan fingerprint density at radius 1 is 1.00 bits per heavy atom. The number of hydrogen-bond acceptors (Lipinski definition) is 4. The van der Waals surface area contributed by atoms with Gasteiger partial charge in [-0.15, -0.1) is 0 Å². The quantitative estimate of drug-likeness (QED) is 0.623. The van der Waals surface area contributed by atoms with Crippen molar-refractivity contribution < 1.29 is 0 Å². The molecule has 0 unspecified atom stereocenters. The zero-order valence-corrected chi connectivity index (χ0v) is 13.3. The van der Waals surface area contributed by atoms with Gasteiger partial charge in [0.25, 0.3) is 0 Å². The molecule has 4 rings (SSSR count). The highest BCUT2D eigenvalue weighted by molar-refractivity contribution is 5.77. The first kappa shape index (κ1) is 14.4. The first-order chi connectivity index (χ1) is 11.8. The third-order valence-corrected chi connectivity index (χ3v) is 3.90. The van der Waals surface area contributed by atoms with Crippen LogP contribution in [0.15, 0.2) is 67.3 Å². The average Bonchev–Trinajstić information content (AvgIpc) is 3.05. The van der Waals surface area contributed by atoms with Gasteiger partial charge in [0.2, 0.25) is 0 Å². The highest BCUT2D eigenvalue weighted by Gasteiger charge is 2.04. The van der Waals surface area contributed by atoms with Crippen LogP contribution < -0.4 is 5.32 Å². The number of aryl methyl sites for hydroxylation is 1. The van der Waals surface area contributed by atoms with Gasteiger partial charge in [-0.3, -0.25) is 9.55 Å². The van der Waals surface area contributed by atoms with Gasteiger partial charge in [0, 0.05) is 18.4 Å². The number of imidazole rings is 1. The fourth-order valence-electron chi connectivity index (χ4n) is 2.68. The maximum Gasteiger partial charge on any atom is 0.145 e. The number of nitrogens with one attached hydrogen (secondary N) is 1. The van der Waals surface area contributed by atoms with Gasteiger partial charge in [-0.2, -0.15) is 0 Å². The lowest BCUT2D eigenvalue weighted by atomic mass is 10.2. The lowest BCUT2D eigenvalue weighted by Gasteiger charge is -2.08. The summed E-state index contributed by atoms with van der Waals surface area (Å²) >= 11 is 0. The van der Waals surface area contributed by atoms with E-state index >= 15 is 0 Å². The van der Waals surface area contributed by atoms with Gasteiger partial charge in [-0.25, -0.2) is 9.97 Å². The highest BCUT2D eigenvalue weighted by Crippen LogP contribution is 2.18. The second kappa shape index (κ2) is 6.12. The van der Waals surface area contributed by atoms with Crippen molar-refractivity contribution in [1.82, 2.24) is 19.5 Å². The van der Waals surface area contributed by atoms with Crippen LogP contribution in [-0.4, -0.2) is 19.5 Å². The molecule has 118 valence electrons. The molecule has 0 amide bonds. The van der Waals surface area contributed by atoms with E-state index in [9.17, 15) is 0 Å². The van der Waals surface area contributed by atoms with Gasteiger partial charge in [0.1, 0.15) is 12.1 Å². The molecule has 0 aliphatic rings. The molecule has 0 radical (unpaired) electrons. The summed E-state index contributed by atoms with van der Waals surface area (Å²) < 4.78 is 2.10. The molecule has 24 heavy (non-hydrogen) atoms. The Labute approximate surface area is 140 Å². The van der Waals surface area contributed by atoms with E-state index in [4.69, 9.17) is 0 Å². The Morgan fingerprint density at radius 3 is 2.67 bits per heavy atom. The molecule has 0 aliphatic heterocycles. The molecule has 5 heteroatoms. The van der Waals surface area contributed by atoms with Crippen LogP contribution in [0.2, 0.25) is 0 Å². The van der Waals surface area contributed by atoms with E-state index in [1.807, 2.05) is 31.5 Å². The number of anilines is 1. The van der Waals surface area contributed by atoms with Crippen LogP contribution >= 0.6 is 0 Å². The molecule has 2 aromatic carbocycles. The third kappa shape index (κ3) is 2.84. The van der Waals surface area contributed by atoms with Gasteiger partial charge in [-0.05, 0) is 36.8 Å². The lowest BCUT2D eigenvalue weighted by Crippen LogP contribution is -2.02. The fraction of sp³-hybridized carbons (Fsp3) is 0.105. The smallest absolute Gasteiger partial charge is 0.145 e. The summed E-state index contributed by atoms with van der Waals surface area (Å²) in [6, 6.07) is 16.6. The van der Waals surface area contributed by atoms with Gasteiger partial charge in [0.15, 0.2) is 0 Å². The summed E-state index contributed by atoms with van der Waals surface area (Å²) in [6.07, 6.45) is 5.34. The number of para-hydroxylation sites is 2. The van der Waals surface area contributed by atoms with Gasteiger partial charge >= 0.3 is 0 Å². The van der Waals surface area contributed by atoms with E-state index in [0.29, 0.717) is 6.54 Å². The molecule has 4 aromatic rings. The lowest BCUT2D eigenvalue weighted by molar-refractivity contribution is 1.05. The summed E-state index contributed by atoms with van der Waals surface area (Å²) in [5.41, 5.74) is 5.30. The van der Waals surface area contributed by atoms with E-state index in [0.717, 1.165) is 28.2 Å². The minimum absolute atomic E-state index is 0.711. The van der Waals surface area contributed by atoms with Crippen LogP contribution in [0.1, 0.15) is 11.3 Å². The number of benzene rings is 2. The molecule has 0 bridgehead atoms. The first-order valence-corrected chi connectivity index (χ1v) is 7.83. The Kier molecular flexibility index (Phi) is 3.67. The minimum Gasteiger partial charge on any atom is -0.365 e. The molecule has 0 spiro atoms. The molecule has 2 heterocycles. The summed E-state index contributed by atoms with van der Waals surface area (Å²) in [7, 11) is 0. The Morgan fingerprint density at radius 2 is 1.83 bits per heavy atom. The van der Waals surface area contributed by atoms with Gasteiger partial charge in [0.05, 0.1) is 22.9 Å². The van der Waals surface area contributed by atoms with E-state index in [2.05, 4.69) is 55.2 Å². The van der Waals surface area contributed by atoms with E-state index < -0.39 is 0 Å². The number of fused-ring (bicyclic) bond motifs is 1. The molecule has 0 fully saturated rings. The molecular weight excluding hydrogens is 298 g/mol. The highest BCUT2D eigenvalue weighted by atomic mass is 15.0. The van der Waals surface area contributed by atoms with Crippen molar-refractivity contribution in [3.05, 3.63) is 78.5 Å². The third-order valence-electron chi connectivity index (χ3n) is 3.90. The second-order valence-electron chi connectivity index (χ2n) is 5.67. The molecule has 2 aromatic heterocycles. The second-order valence-corrected chi connectivity index (χ2v) is 5.67. The van der Waals surface area contributed by atoms with Crippen molar-refractivity contribution in [1.29, 1.82) is 0 Å². The molecule has 0 saturated heterocycles. The SMILES string of the molecule is Cc1cncc(NCc2ccc(-n3cnc4ccccc43)cc2)n1.